The van der Waals surface area contributed by atoms with Gasteiger partial charge < -0.3 is 15.5 Å². The molecule has 2 N–H and O–H groups in total. The van der Waals surface area contributed by atoms with Gasteiger partial charge in [-0.3, -0.25) is 4.98 Å². The maximum atomic E-state index is 14.3. The minimum absolute atomic E-state index is 0.0398. The number of anilines is 3. The molecule has 0 saturated heterocycles. The van der Waals surface area contributed by atoms with Crippen LogP contribution in [0.3, 0.4) is 0 Å². The molecular weight excluding hydrogens is 503 g/mol. The zero-order chi connectivity index (χ0) is 27.1. The second-order valence-corrected chi connectivity index (χ2v) is 9.80. The zero-order valence-corrected chi connectivity index (χ0v) is 23.1. The van der Waals surface area contributed by atoms with Gasteiger partial charge in [-0.2, -0.15) is 0 Å². The summed E-state index contributed by atoms with van der Waals surface area (Å²) in [5.41, 5.74) is 2.67. The van der Waals surface area contributed by atoms with Gasteiger partial charge >= 0.3 is 0 Å². The summed E-state index contributed by atoms with van der Waals surface area (Å²) >= 11 is 5.83. The molecule has 1 unspecified atom stereocenters. The molecule has 0 aromatic carbocycles. The van der Waals surface area contributed by atoms with Crippen LogP contribution in [-0.4, -0.2) is 51.6 Å². The Kier molecular flexibility index (Phi) is 9.36. The quantitative estimate of drug-likeness (QED) is 0.202. The summed E-state index contributed by atoms with van der Waals surface area (Å²) in [6.07, 6.45) is 9.83. The maximum absolute atomic E-state index is 14.3. The van der Waals surface area contributed by atoms with Gasteiger partial charge in [-0.05, 0) is 62.0 Å². The molecule has 1 atom stereocenters. The van der Waals surface area contributed by atoms with Crippen LogP contribution in [0.4, 0.5) is 21.8 Å². The van der Waals surface area contributed by atoms with Crippen LogP contribution in [0.25, 0.3) is 22.3 Å². The highest BCUT2D eigenvalue weighted by Gasteiger charge is 2.19. The Balaban J connectivity index is 1.72. The Morgan fingerprint density at radius 3 is 2.68 bits per heavy atom. The van der Waals surface area contributed by atoms with Gasteiger partial charge in [0.1, 0.15) is 11.6 Å². The number of fused-ring (bicyclic) bond motifs is 1. The first-order valence-electron chi connectivity index (χ1n) is 13.0. The fraction of sp³-hybridized carbons (Fsp3) is 0.393. The highest BCUT2D eigenvalue weighted by atomic mass is 35.5. The van der Waals surface area contributed by atoms with E-state index in [1.807, 2.05) is 12.3 Å². The number of hydrogen-bond acceptors (Lipinski definition) is 8. The summed E-state index contributed by atoms with van der Waals surface area (Å²) in [6.45, 7) is 9.35. The number of nitrogens with one attached hydrogen (secondary N) is 2. The molecule has 0 bridgehead atoms. The SMILES string of the molecule is CCCNCCCN(C)c1nc(-c2ccnc(Nc3ncc(Cl)cc3F)c2)nc2cncc(C(C)CC)c12. The Hall–Kier alpha value is -3.43. The highest BCUT2D eigenvalue weighted by molar-refractivity contribution is 6.30. The van der Waals surface area contributed by atoms with Crippen molar-refractivity contribution in [2.75, 3.05) is 36.9 Å². The van der Waals surface area contributed by atoms with E-state index in [2.05, 4.69) is 58.3 Å². The lowest BCUT2D eigenvalue weighted by Gasteiger charge is -2.23. The first-order chi connectivity index (χ1) is 18.4. The van der Waals surface area contributed by atoms with E-state index in [0.29, 0.717) is 17.6 Å². The lowest BCUT2D eigenvalue weighted by molar-refractivity contribution is 0.626. The van der Waals surface area contributed by atoms with Crippen molar-refractivity contribution in [3.05, 3.63) is 59.4 Å². The average Bonchev–Trinajstić information content (AvgIpc) is 2.93. The third-order valence-electron chi connectivity index (χ3n) is 6.47. The van der Waals surface area contributed by atoms with Crippen molar-refractivity contribution in [3.63, 3.8) is 0 Å². The van der Waals surface area contributed by atoms with Gasteiger partial charge in [-0.1, -0.05) is 32.4 Å². The minimum Gasteiger partial charge on any atom is -0.359 e. The van der Waals surface area contributed by atoms with Crippen LogP contribution in [0.2, 0.25) is 5.02 Å². The largest absolute Gasteiger partial charge is 0.359 e. The van der Waals surface area contributed by atoms with Crippen molar-refractivity contribution in [1.29, 1.82) is 0 Å². The average molecular weight is 537 g/mol. The molecule has 0 aliphatic heterocycles. The Morgan fingerprint density at radius 2 is 1.92 bits per heavy atom. The second kappa shape index (κ2) is 12.9. The third kappa shape index (κ3) is 6.52. The normalized spacial score (nSPS) is 12.1. The summed E-state index contributed by atoms with van der Waals surface area (Å²) in [5, 5.41) is 7.64. The molecule has 8 nitrogen and oxygen atoms in total. The van der Waals surface area contributed by atoms with Gasteiger partial charge in [-0.15, -0.1) is 0 Å². The van der Waals surface area contributed by atoms with Crippen molar-refractivity contribution in [2.24, 2.45) is 0 Å². The predicted molar refractivity (Wildman–Crippen MR) is 153 cm³/mol. The standard InChI is InChI=1S/C28H34ClFN8/c1-5-9-31-10-7-12-38(4)28-25-21(18(3)6-2)16-32-17-23(25)35-26(37-28)19-8-11-33-24(13-19)36-27-22(30)14-20(29)15-34-27/h8,11,13-18,31H,5-7,9-10,12H2,1-4H3,(H,33,34,36). The number of nitrogens with zero attached hydrogens (tertiary/aromatic N) is 6. The second-order valence-electron chi connectivity index (χ2n) is 9.37. The molecule has 4 aromatic heterocycles. The van der Waals surface area contributed by atoms with Gasteiger partial charge in [0.15, 0.2) is 17.5 Å². The van der Waals surface area contributed by atoms with E-state index < -0.39 is 5.82 Å². The molecule has 4 aromatic rings. The number of pyridine rings is 3. The summed E-state index contributed by atoms with van der Waals surface area (Å²) in [7, 11) is 2.07. The van der Waals surface area contributed by atoms with E-state index in [9.17, 15) is 4.39 Å². The van der Waals surface area contributed by atoms with E-state index >= 15 is 0 Å². The molecule has 4 heterocycles. The summed E-state index contributed by atoms with van der Waals surface area (Å²) in [5.74, 6) is 1.63. The van der Waals surface area contributed by atoms with Crippen molar-refractivity contribution >= 4 is 40.0 Å². The van der Waals surface area contributed by atoms with Crippen LogP contribution in [0.5, 0.6) is 0 Å². The van der Waals surface area contributed by atoms with Crippen molar-refractivity contribution < 1.29 is 4.39 Å². The molecule has 0 saturated carbocycles. The van der Waals surface area contributed by atoms with Crippen LogP contribution in [0.15, 0.2) is 43.0 Å². The van der Waals surface area contributed by atoms with Crippen LogP contribution in [0.1, 0.15) is 51.5 Å². The van der Waals surface area contributed by atoms with Crippen LogP contribution < -0.4 is 15.5 Å². The van der Waals surface area contributed by atoms with Crippen molar-refractivity contribution in [1.82, 2.24) is 30.2 Å². The Bertz CT molecular complexity index is 1380. The third-order valence-corrected chi connectivity index (χ3v) is 6.67. The fourth-order valence-electron chi connectivity index (χ4n) is 4.20. The monoisotopic (exact) mass is 536 g/mol. The lowest BCUT2D eigenvalue weighted by Crippen LogP contribution is -2.25. The van der Waals surface area contributed by atoms with Gasteiger partial charge in [0.25, 0.3) is 0 Å². The summed E-state index contributed by atoms with van der Waals surface area (Å²) in [4.78, 5) is 25.0. The lowest BCUT2D eigenvalue weighted by atomic mass is 9.96. The number of rotatable bonds is 12. The van der Waals surface area contributed by atoms with Crippen molar-refractivity contribution in [2.45, 2.75) is 46.0 Å². The molecule has 200 valence electrons. The van der Waals surface area contributed by atoms with E-state index in [4.69, 9.17) is 21.6 Å². The number of halogens is 2. The fourth-order valence-corrected chi connectivity index (χ4v) is 4.35. The van der Waals surface area contributed by atoms with Crippen LogP contribution in [0, 0.1) is 5.82 Å². The van der Waals surface area contributed by atoms with Gasteiger partial charge in [0.2, 0.25) is 0 Å². The predicted octanol–water partition coefficient (Wildman–Crippen LogP) is 6.36. The van der Waals surface area contributed by atoms with E-state index in [0.717, 1.165) is 66.7 Å². The molecule has 0 radical (unpaired) electrons. The molecule has 4 rings (SSSR count). The molecule has 0 aliphatic rings. The van der Waals surface area contributed by atoms with Crippen LogP contribution in [-0.2, 0) is 0 Å². The maximum Gasteiger partial charge on any atom is 0.167 e. The first-order valence-corrected chi connectivity index (χ1v) is 13.4. The first kappa shape index (κ1) is 27.6. The van der Waals surface area contributed by atoms with Gasteiger partial charge in [-0.25, -0.2) is 24.3 Å². The zero-order valence-electron chi connectivity index (χ0n) is 22.3. The smallest absolute Gasteiger partial charge is 0.167 e. The molecule has 0 fully saturated rings. The highest BCUT2D eigenvalue weighted by Crippen LogP contribution is 2.34. The Labute approximate surface area is 228 Å². The number of hydrogen-bond donors (Lipinski definition) is 2. The molecule has 0 spiro atoms. The number of aromatic nitrogens is 5. The molecular formula is C28H34ClFN8. The molecule has 0 amide bonds. The molecule has 0 aliphatic carbocycles. The van der Waals surface area contributed by atoms with Gasteiger partial charge in [0, 0.05) is 43.1 Å². The summed E-state index contributed by atoms with van der Waals surface area (Å²) in [6, 6.07) is 4.82. The minimum atomic E-state index is -0.562. The van der Waals surface area contributed by atoms with E-state index in [1.54, 1.807) is 18.5 Å². The molecule has 10 heteroatoms. The molecule has 38 heavy (non-hydrogen) atoms. The summed E-state index contributed by atoms with van der Waals surface area (Å²) < 4.78 is 14.3. The van der Waals surface area contributed by atoms with Crippen LogP contribution >= 0.6 is 11.6 Å². The van der Waals surface area contributed by atoms with E-state index in [1.165, 1.54) is 12.3 Å². The topological polar surface area (TPSA) is 91.8 Å². The van der Waals surface area contributed by atoms with Crippen molar-refractivity contribution in [3.8, 4) is 11.4 Å². The Morgan fingerprint density at radius 1 is 1.08 bits per heavy atom. The van der Waals surface area contributed by atoms with Gasteiger partial charge in [0.05, 0.1) is 16.7 Å². The van der Waals surface area contributed by atoms with E-state index in [-0.39, 0.29) is 10.8 Å².